The Morgan fingerprint density at radius 3 is 2.83 bits per heavy atom. The van der Waals surface area contributed by atoms with E-state index >= 15 is 0 Å². The fraction of sp³-hybridized carbons (Fsp3) is 0.429. The van der Waals surface area contributed by atoms with Crippen LogP contribution in [0.5, 0.6) is 0 Å². The van der Waals surface area contributed by atoms with Crippen LogP contribution in [0.15, 0.2) is 6.07 Å². The highest BCUT2D eigenvalue weighted by atomic mass is 16.1. The minimum atomic E-state index is -0.330. The van der Waals surface area contributed by atoms with E-state index in [1.807, 2.05) is 6.92 Å². The lowest BCUT2D eigenvalue weighted by atomic mass is 10.4. The quantitative estimate of drug-likeness (QED) is 0.646. The van der Waals surface area contributed by atoms with Gasteiger partial charge in [0.1, 0.15) is 5.82 Å². The van der Waals surface area contributed by atoms with Crippen molar-refractivity contribution in [3.63, 3.8) is 0 Å². The Labute approximate surface area is 70.3 Å². The molecule has 0 unspecified atom stereocenters. The minimum absolute atomic E-state index is 0.294. The normalized spacial score (nSPS) is 10.1. The van der Waals surface area contributed by atoms with Crippen molar-refractivity contribution in [2.24, 2.45) is 5.73 Å². The van der Waals surface area contributed by atoms with Crippen molar-refractivity contribution in [1.29, 1.82) is 0 Å². The maximum atomic E-state index is 10.4. The van der Waals surface area contributed by atoms with Crippen LogP contribution in [0.1, 0.15) is 12.1 Å². The molecule has 1 aromatic heterocycles. The van der Waals surface area contributed by atoms with E-state index in [1.165, 1.54) is 0 Å². The van der Waals surface area contributed by atoms with E-state index in [0.29, 0.717) is 18.8 Å². The van der Waals surface area contributed by atoms with Crippen LogP contribution in [-0.2, 0) is 11.3 Å². The van der Waals surface area contributed by atoms with Crippen LogP contribution in [0.3, 0.4) is 0 Å². The molecule has 4 N–H and O–H groups in total. The predicted octanol–water partition coefficient (Wildman–Crippen LogP) is -0.351. The molecule has 66 valence electrons. The number of nitrogen functional groups attached to an aromatic ring is 1. The van der Waals surface area contributed by atoms with Crippen molar-refractivity contribution >= 4 is 11.7 Å². The van der Waals surface area contributed by atoms with Crippen molar-refractivity contribution in [2.45, 2.75) is 19.9 Å². The third-order valence-corrected chi connectivity index (χ3v) is 1.57. The lowest BCUT2D eigenvalue weighted by molar-refractivity contribution is -0.118. The second-order valence-corrected chi connectivity index (χ2v) is 2.65. The van der Waals surface area contributed by atoms with E-state index < -0.39 is 0 Å². The van der Waals surface area contributed by atoms with Crippen LogP contribution in [0.25, 0.3) is 0 Å². The summed E-state index contributed by atoms with van der Waals surface area (Å²) in [6.07, 6.45) is 0.294. The van der Waals surface area contributed by atoms with Crippen molar-refractivity contribution in [3.05, 3.63) is 11.8 Å². The minimum Gasteiger partial charge on any atom is -0.382 e. The number of nitrogens with two attached hydrogens (primary N) is 2. The molecule has 0 spiro atoms. The Morgan fingerprint density at radius 2 is 2.42 bits per heavy atom. The van der Waals surface area contributed by atoms with E-state index in [4.69, 9.17) is 11.5 Å². The molecule has 0 aliphatic heterocycles. The van der Waals surface area contributed by atoms with Gasteiger partial charge in [0.2, 0.25) is 5.91 Å². The van der Waals surface area contributed by atoms with Gasteiger partial charge in [-0.25, -0.2) is 0 Å². The first-order chi connectivity index (χ1) is 5.59. The molecule has 0 aliphatic rings. The summed E-state index contributed by atoms with van der Waals surface area (Å²) in [5.41, 5.74) is 11.4. The van der Waals surface area contributed by atoms with Gasteiger partial charge in [0, 0.05) is 18.2 Å². The molecular formula is C7H12N4O. The standard InChI is InChI=1S/C7H12N4O/c1-5-4-6(8)10-11(5)3-2-7(9)12/h4H,2-3H2,1H3,(H2,8,10)(H2,9,12). The molecule has 1 aromatic rings. The number of hydrogen-bond donors (Lipinski definition) is 2. The summed E-state index contributed by atoms with van der Waals surface area (Å²) in [5, 5.41) is 3.97. The average molecular weight is 168 g/mol. The summed E-state index contributed by atoms with van der Waals surface area (Å²) in [6, 6.07) is 1.75. The van der Waals surface area contributed by atoms with Crippen molar-refractivity contribution < 1.29 is 4.79 Å². The van der Waals surface area contributed by atoms with E-state index in [0.717, 1.165) is 5.69 Å². The SMILES string of the molecule is Cc1cc(N)nn1CCC(N)=O. The topological polar surface area (TPSA) is 86.9 Å². The van der Waals surface area contributed by atoms with Gasteiger partial charge in [0.25, 0.3) is 0 Å². The number of anilines is 1. The lowest BCUT2D eigenvalue weighted by Crippen LogP contribution is -2.15. The van der Waals surface area contributed by atoms with Gasteiger partial charge in [-0.1, -0.05) is 0 Å². The largest absolute Gasteiger partial charge is 0.382 e. The summed E-state index contributed by atoms with van der Waals surface area (Å²) in [7, 11) is 0. The Kier molecular flexibility index (Phi) is 2.32. The second kappa shape index (κ2) is 3.25. The number of carbonyl (C=O) groups is 1. The van der Waals surface area contributed by atoms with Gasteiger partial charge >= 0.3 is 0 Å². The summed E-state index contributed by atoms with van der Waals surface area (Å²) in [6.45, 7) is 2.38. The molecule has 1 heterocycles. The number of nitrogens with zero attached hydrogens (tertiary/aromatic N) is 2. The van der Waals surface area contributed by atoms with Crippen LogP contribution in [0.2, 0.25) is 0 Å². The van der Waals surface area contributed by atoms with Gasteiger partial charge in [-0.2, -0.15) is 5.10 Å². The van der Waals surface area contributed by atoms with Gasteiger partial charge in [-0.15, -0.1) is 0 Å². The van der Waals surface area contributed by atoms with Gasteiger partial charge in [0.15, 0.2) is 0 Å². The van der Waals surface area contributed by atoms with Crippen molar-refractivity contribution in [1.82, 2.24) is 9.78 Å². The third-order valence-electron chi connectivity index (χ3n) is 1.57. The van der Waals surface area contributed by atoms with Gasteiger partial charge < -0.3 is 11.5 Å². The second-order valence-electron chi connectivity index (χ2n) is 2.65. The molecule has 0 fully saturated rings. The van der Waals surface area contributed by atoms with Crippen LogP contribution >= 0.6 is 0 Å². The number of aromatic nitrogens is 2. The molecule has 1 rings (SSSR count). The Hall–Kier alpha value is -1.52. The predicted molar refractivity (Wildman–Crippen MR) is 45.2 cm³/mol. The zero-order chi connectivity index (χ0) is 9.14. The summed E-state index contributed by atoms with van der Waals surface area (Å²) < 4.78 is 1.67. The highest BCUT2D eigenvalue weighted by Gasteiger charge is 2.01. The molecule has 0 bridgehead atoms. The lowest BCUT2D eigenvalue weighted by Gasteiger charge is -2.00. The number of amides is 1. The van der Waals surface area contributed by atoms with Gasteiger partial charge in [-0.3, -0.25) is 9.48 Å². The molecule has 1 amide bonds. The summed E-state index contributed by atoms with van der Waals surface area (Å²) >= 11 is 0. The van der Waals surface area contributed by atoms with E-state index in [1.54, 1.807) is 10.7 Å². The van der Waals surface area contributed by atoms with Gasteiger partial charge in [-0.05, 0) is 6.92 Å². The van der Waals surface area contributed by atoms with E-state index in [2.05, 4.69) is 5.10 Å². The number of rotatable bonds is 3. The fourth-order valence-corrected chi connectivity index (χ4v) is 0.978. The van der Waals surface area contributed by atoms with Crippen LogP contribution < -0.4 is 11.5 Å². The summed E-state index contributed by atoms with van der Waals surface area (Å²) in [4.78, 5) is 10.4. The van der Waals surface area contributed by atoms with E-state index in [9.17, 15) is 4.79 Å². The number of carbonyl (C=O) groups excluding carboxylic acids is 1. The maximum absolute atomic E-state index is 10.4. The maximum Gasteiger partial charge on any atom is 0.219 e. The first-order valence-corrected chi connectivity index (χ1v) is 3.68. The highest BCUT2D eigenvalue weighted by molar-refractivity contribution is 5.73. The summed E-state index contributed by atoms with van der Waals surface area (Å²) in [5.74, 6) is 0.139. The van der Waals surface area contributed by atoms with Gasteiger partial charge in [0.05, 0.1) is 6.54 Å². The number of primary amides is 1. The average Bonchev–Trinajstić information content (AvgIpc) is 2.26. The zero-order valence-electron chi connectivity index (χ0n) is 6.95. The number of aryl methyl sites for hydroxylation is 2. The molecule has 0 aliphatic carbocycles. The highest BCUT2D eigenvalue weighted by Crippen LogP contribution is 2.04. The molecule has 5 nitrogen and oxygen atoms in total. The molecule has 0 saturated carbocycles. The molecule has 0 saturated heterocycles. The Morgan fingerprint density at radius 1 is 1.75 bits per heavy atom. The zero-order valence-corrected chi connectivity index (χ0v) is 6.95. The fourth-order valence-electron chi connectivity index (χ4n) is 0.978. The van der Waals surface area contributed by atoms with Crippen LogP contribution in [0, 0.1) is 6.92 Å². The third kappa shape index (κ3) is 1.98. The molecule has 0 aromatic carbocycles. The van der Waals surface area contributed by atoms with Crippen molar-refractivity contribution in [2.75, 3.05) is 5.73 Å². The smallest absolute Gasteiger partial charge is 0.219 e. The molecular weight excluding hydrogens is 156 g/mol. The molecule has 0 atom stereocenters. The Bertz CT molecular complexity index is 292. The van der Waals surface area contributed by atoms with Crippen LogP contribution in [0.4, 0.5) is 5.82 Å². The Balaban J connectivity index is 2.62. The number of hydrogen-bond acceptors (Lipinski definition) is 3. The molecule has 12 heavy (non-hydrogen) atoms. The molecule has 0 radical (unpaired) electrons. The first kappa shape index (κ1) is 8.58. The van der Waals surface area contributed by atoms with Crippen LogP contribution in [-0.4, -0.2) is 15.7 Å². The van der Waals surface area contributed by atoms with E-state index in [-0.39, 0.29) is 5.91 Å². The molecule has 5 heteroatoms. The van der Waals surface area contributed by atoms with Crippen molar-refractivity contribution in [3.8, 4) is 0 Å². The monoisotopic (exact) mass is 168 g/mol. The first-order valence-electron chi connectivity index (χ1n) is 3.68.